The number of rotatable bonds is 2. The number of Topliss-reactive ketones (excluding diaryl/α,β-unsaturated/α-hetero) is 1. The second kappa shape index (κ2) is 6.00. The van der Waals surface area contributed by atoms with Crippen molar-refractivity contribution in [1.82, 2.24) is 0 Å². The average Bonchev–Trinajstić information content (AvgIpc) is 2.87. The van der Waals surface area contributed by atoms with Crippen LogP contribution in [0.3, 0.4) is 0 Å². The molecule has 0 spiro atoms. The molecule has 0 aliphatic heterocycles. The largest absolute Gasteiger partial charge is 0.391 e. The van der Waals surface area contributed by atoms with Crippen molar-refractivity contribution in [3.8, 4) is 0 Å². The lowest BCUT2D eigenvalue weighted by atomic mass is 9.45. The van der Waals surface area contributed by atoms with E-state index in [2.05, 4.69) is 0 Å². The molecule has 6 heteroatoms. The molecule has 0 radical (unpaired) electrons. The quantitative estimate of drug-likeness (QED) is 0.603. The van der Waals surface area contributed by atoms with Crippen molar-refractivity contribution in [3.63, 3.8) is 0 Å². The molecule has 0 bridgehead atoms. The fourth-order valence-corrected chi connectivity index (χ4v) is 7.10. The Balaban J connectivity index is 1.93. The van der Waals surface area contributed by atoms with Crippen LogP contribution in [0.2, 0.25) is 0 Å². The molecule has 4 aliphatic rings. The highest BCUT2D eigenvalue weighted by atomic mass is 35.5. The maximum absolute atomic E-state index is 13.0. The molecule has 3 fully saturated rings. The van der Waals surface area contributed by atoms with Gasteiger partial charge in [-0.1, -0.05) is 32.4 Å². The van der Waals surface area contributed by atoms with Crippen LogP contribution >= 0.6 is 11.6 Å². The normalized spacial score (nSPS) is 57.8. The molecule has 4 aliphatic carbocycles. The smallest absolute Gasteiger partial charge is 0.190 e. The lowest BCUT2D eigenvalue weighted by Crippen LogP contribution is -2.69. The predicted octanol–water partition coefficient (Wildman–Crippen LogP) is 2.17. The monoisotopic (exact) mass is 413 g/mol. The number of aliphatic hydroxyl groups excluding tert-OH is 1. The highest BCUT2D eigenvalue weighted by Gasteiger charge is 2.74. The van der Waals surface area contributed by atoms with Crippen LogP contribution < -0.4 is 0 Å². The third kappa shape index (κ3) is 2.09. The Hall–Kier alpha value is -1.01. The summed E-state index contributed by atoms with van der Waals surface area (Å²) < 4.78 is 40.9. The minimum Gasteiger partial charge on any atom is -0.391 e. The van der Waals surface area contributed by atoms with Gasteiger partial charge >= 0.3 is 0 Å². The zero-order chi connectivity index (χ0) is 25.2. The SMILES string of the molecule is [2H]C1=C2C([2H])([2H])C[C@H]3[C@@H]4C[C@H](C)[C@](O)(C(=O)C([2H])([2H])O)[C@@]4(C)C[C@H](O)[C@]3(Cl)[C@@]2(C)C=CC1=O. The molecule has 8 atom stereocenters. The standard InChI is InChI=1S/C22H29ClO5/c1-12-8-16-15-5-4-13-9-14(25)6-7-19(13,2)21(15,23)17(26)10-20(16,3)22(12,28)18(27)11-24/h6-7,9,12,15-17,24,26,28H,4-5,8,10-11H2,1-3H3/t12-,15-,16-,17-,19-,20-,21-,22-/m0/s1/i4D2,9D,11D2. The van der Waals surface area contributed by atoms with Gasteiger partial charge in [-0.3, -0.25) is 9.59 Å². The highest BCUT2D eigenvalue weighted by molar-refractivity contribution is 6.26. The van der Waals surface area contributed by atoms with Gasteiger partial charge in [0.1, 0.15) is 12.2 Å². The number of alkyl halides is 1. The minimum atomic E-state index is -3.29. The van der Waals surface area contributed by atoms with Gasteiger partial charge in [0.05, 0.1) is 15.1 Å². The molecule has 0 heterocycles. The van der Waals surface area contributed by atoms with Crippen molar-refractivity contribution in [2.24, 2.45) is 28.6 Å². The van der Waals surface area contributed by atoms with E-state index in [9.17, 15) is 24.9 Å². The summed E-state index contributed by atoms with van der Waals surface area (Å²) in [5.74, 6) is -4.20. The number of ketones is 2. The number of hydrogen-bond acceptors (Lipinski definition) is 5. The van der Waals surface area contributed by atoms with Crippen LogP contribution in [0, 0.1) is 28.6 Å². The molecular formula is C22H29ClO5. The van der Waals surface area contributed by atoms with Gasteiger partial charge in [0.2, 0.25) is 0 Å². The molecule has 4 rings (SSSR count). The van der Waals surface area contributed by atoms with E-state index in [0.717, 1.165) is 0 Å². The summed E-state index contributed by atoms with van der Waals surface area (Å²) >= 11 is 7.23. The maximum Gasteiger partial charge on any atom is 0.190 e. The molecule has 0 aromatic heterocycles. The fraction of sp³-hybridized carbons (Fsp3) is 0.727. The lowest BCUT2D eigenvalue weighted by molar-refractivity contribution is -0.179. The molecule has 3 N–H and O–H groups in total. The van der Waals surface area contributed by atoms with Crippen LogP contribution in [-0.2, 0) is 9.59 Å². The molecule has 0 amide bonds. The first-order valence-corrected chi connectivity index (χ1v) is 10.00. The van der Waals surface area contributed by atoms with E-state index in [4.69, 9.17) is 18.5 Å². The zero-order valence-electron chi connectivity index (χ0n) is 21.1. The van der Waals surface area contributed by atoms with Crippen molar-refractivity contribution in [3.05, 3.63) is 23.8 Å². The van der Waals surface area contributed by atoms with Gasteiger partial charge in [-0.15, -0.1) is 11.6 Å². The van der Waals surface area contributed by atoms with Gasteiger partial charge in [0, 0.05) is 13.6 Å². The summed E-state index contributed by atoms with van der Waals surface area (Å²) in [5.41, 5.74) is -5.17. The van der Waals surface area contributed by atoms with Crippen molar-refractivity contribution in [2.75, 3.05) is 6.56 Å². The Labute approximate surface area is 177 Å². The summed E-state index contributed by atoms with van der Waals surface area (Å²) in [6.07, 6.45) is -1.14. The Kier molecular flexibility index (Phi) is 3.19. The summed E-state index contributed by atoms with van der Waals surface area (Å²) in [6, 6.07) is -0.482. The van der Waals surface area contributed by atoms with E-state index in [1.165, 1.54) is 12.2 Å². The third-order valence-corrected chi connectivity index (χ3v) is 9.14. The van der Waals surface area contributed by atoms with Crippen molar-refractivity contribution >= 4 is 23.2 Å². The molecule has 0 unspecified atom stereocenters. The number of allylic oxidation sites excluding steroid dienone is 4. The first-order chi connectivity index (χ1) is 14.8. The minimum absolute atomic E-state index is 0.0829. The summed E-state index contributed by atoms with van der Waals surface area (Å²) in [5, 5.41) is 32.9. The van der Waals surface area contributed by atoms with Crippen molar-refractivity contribution < 1.29 is 31.8 Å². The molecule has 154 valence electrons. The van der Waals surface area contributed by atoms with Gasteiger partial charge in [0.15, 0.2) is 11.6 Å². The van der Waals surface area contributed by atoms with E-state index in [0.29, 0.717) is 0 Å². The fourth-order valence-electron chi connectivity index (χ4n) is 6.63. The van der Waals surface area contributed by atoms with Crippen molar-refractivity contribution in [1.29, 1.82) is 0 Å². The van der Waals surface area contributed by atoms with Crippen LogP contribution in [0.15, 0.2) is 23.8 Å². The predicted molar refractivity (Wildman–Crippen MR) is 105 cm³/mol. The molecule has 5 nitrogen and oxygen atoms in total. The summed E-state index contributed by atoms with van der Waals surface area (Å²) in [6.45, 7) is 1.44. The third-order valence-electron chi connectivity index (χ3n) is 8.22. The average molecular weight is 414 g/mol. The first-order valence-electron chi connectivity index (χ1n) is 12.1. The van der Waals surface area contributed by atoms with Crippen LogP contribution in [0.25, 0.3) is 0 Å². The number of carbonyl (C=O) groups is 2. The Bertz CT molecular complexity index is 1010. The van der Waals surface area contributed by atoms with Crippen LogP contribution in [-0.4, -0.2) is 50.0 Å². The number of carbonyl (C=O) groups excluding carboxylic acids is 2. The summed E-state index contributed by atoms with van der Waals surface area (Å²) in [4.78, 5) is 23.6. The first kappa shape index (κ1) is 14.9. The van der Waals surface area contributed by atoms with E-state index in [-0.39, 0.29) is 24.8 Å². The number of hydrogen-bond donors (Lipinski definition) is 3. The molecule has 0 aromatic carbocycles. The number of aliphatic hydroxyl groups is 3. The Morgan fingerprint density at radius 2 is 2.14 bits per heavy atom. The molecule has 0 aromatic rings. The number of halogens is 1. The van der Waals surface area contributed by atoms with E-state index in [1.54, 1.807) is 20.8 Å². The van der Waals surface area contributed by atoms with Gasteiger partial charge < -0.3 is 15.3 Å². The van der Waals surface area contributed by atoms with E-state index >= 15 is 0 Å². The zero-order valence-corrected chi connectivity index (χ0v) is 16.9. The molecule has 28 heavy (non-hydrogen) atoms. The van der Waals surface area contributed by atoms with Gasteiger partial charge in [-0.2, -0.15) is 0 Å². The van der Waals surface area contributed by atoms with Crippen molar-refractivity contribution in [2.45, 2.75) is 63.0 Å². The van der Waals surface area contributed by atoms with Gasteiger partial charge in [-0.25, -0.2) is 0 Å². The Morgan fingerprint density at radius 1 is 1.46 bits per heavy atom. The topological polar surface area (TPSA) is 94.8 Å². The van der Waals surface area contributed by atoms with E-state index < -0.39 is 75.7 Å². The highest BCUT2D eigenvalue weighted by Crippen LogP contribution is 2.71. The van der Waals surface area contributed by atoms with Gasteiger partial charge in [-0.05, 0) is 55.5 Å². The van der Waals surface area contributed by atoms with Crippen LogP contribution in [0.5, 0.6) is 0 Å². The molecule has 0 saturated heterocycles. The van der Waals surface area contributed by atoms with Gasteiger partial charge in [0.25, 0.3) is 0 Å². The maximum atomic E-state index is 13.0. The lowest BCUT2D eigenvalue weighted by Gasteiger charge is -2.63. The Morgan fingerprint density at radius 3 is 2.79 bits per heavy atom. The number of fused-ring (bicyclic) bond motifs is 5. The van der Waals surface area contributed by atoms with Crippen LogP contribution in [0.4, 0.5) is 0 Å². The second-order valence-electron chi connectivity index (χ2n) is 9.24. The second-order valence-corrected chi connectivity index (χ2v) is 9.87. The van der Waals surface area contributed by atoms with Crippen LogP contribution in [0.1, 0.15) is 53.3 Å². The molecular weight excluding hydrogens is 380 g/mol. The summed E-state index contributed by atoms with van der Waals surface area (Å²) in [7, 11) is 0. The van der Waals surface area contributed by atoms with E-state index in [1.807, 2.05) is 0 Å². The molecule has 3 saturated carbocycles.